The number of carbonyl (C=O) groups is 1. The predicted molar refractivity (Wildman–Crippen MR) is 97.7 cm³/mol. The number of benzene rings is 1. The molecule has 0 bridgehead atoms. The van der Waals surface area contributed by atoms with Crippen LogP contribution in [0.3, 0.4) is 0 Å². The van der Waals surface area contributed by atoms with E-state index in [0.29, 0.717) is 6.42 Å². The van der Waals surface area contributed by atoms with Gasteiger partial charge in [-0.25, -0.2) is 0 Å². The summed E-state index contributed by atoms with van der Waals surface area (Å²) in [6.07, 6.45) is 1.73. The van der Waals surface area contributed by atoms with E-state index >= 15 is 0 Å². The standard InChI is InChI=1S/C20H32N2O2/c1-15(23)21-18-17(16-9-7-6-8-10-16)22(13-11-19(2,3)4)14-12-20(18,5)24/h6-10,17-18,24H,11-14H2,1-5H3,(H,21,23)/t17-,18-,20+/m0/s1. The maximum Gasteiger partial charge on any atom is 0.217 e. The molecule has 0 radical (unpaired) electrons. The number of piperidine rings is 1. The zero-order valence-corrected chi connectivity index (χ0v) is 15.7. The number of likely N-dealkylation sites (tertiary alicyclic amines) is 1. The molecule has 3 atom stereocenters. The predicted octanol–water partition coefficient (Wildman–Crippen LogP) is 3.13. The van der Waals surface area contributed by atoms with Gasteiger partial charge in [-0.3, -0.25) is 9.69 Å². The van der Waals surface area contributed by atoms with E-state index in [-0.39, 0.29) is 23.4 Å². The first kappa shape index (κ1) is 18.9. The van der Waals surface area contributed by atoms with E-state index in [1.54, 1.807) is 0 Å². The minimum absolute atomic E-state index is 0.0128. The molecule has 0 unspecified atom stereocenters. The Kier molecular flexibility index (Phi) is 5.71. The fraction of sp³-hybridized carbons (Fsp3) is 0.650. The van der Waals surface area contributed by atoms with Crippen molar-refractivity contribution in [1.29, 1.82) is 0 Å². The molecule has 1 aliphatic rings. The van der Waals surface area contributed by atoms with Crippen LogP contribution in [0, 0.1) is 5.41 Å². The average Bonchev–Trinajstić information content (AvgIpc) is 2.47. The Hall–Kier alpha value is -1.39. The van der Waals surface area contributed by atoms with Gasteiger partial charge in [-0.05, 0) is 37.3 Å². The Bertz CT molecular complexity index is 549. The van der Waals surface area contributed by atoms with Crippen molar-refractivity contribution in [2.45, 2.75) is 65.1 Å². The van der Waals surface area contributed by atoms with Crippen LogP contribution in [-0.2, 0) is 4.79 Å². The topological polar surface area (TPSA) is 52.6 Å². The summed E-state index contributed by atoms with van der Waals surface area (Å²) in [5.74, 6) is -0.0983. The van der Waals surface area contributed by atoms with Gasteiger partial charge in [0.25, 0.3) is 0 Å². The van der Waals surface area contributed by atoms with E-state index in [4.69, 9.17) is 0 Å². The lowest BCUT2D eigenvalue weighted by Gasteiger charge is -2.49. The molecule has 1 heterocycles. The summed E-state index contributed by atoms with van der Waals surface area (Å²) in [6.45, 7) is 11.9. The summed E-state index contributed by atoms with van der Waals surface area (Å²) in [7, 11) is 0. The average molecular weight is 332 g/mol. The Balaban J connectivity index is 2.34. The summed E-state index contributed by atoms with van der Waals surface area (Å²) in [4.78, 5) is 14.2. The van der Waals surface area contributed by atoms with Crippen LogP contribution in [0.1, 0.15) is 59.1 Å². The minimum atomic E-state index is -0.912. The summed E-state index contributed by atoms with van der Waals surface area (Å²) in [6, 6.07) is 9.89. The highest BCUT2D eigenvalue weighted by molar-refractivity contribution is 5.73. The van der Waals surface area contributed by atoms with Crippen molar-refractivity contribution in [1.82, 2.24) is 10.2 Å². The van der Waals surface area contributed by atoms with Gasteiger partial charge in [-0.15, -0.1) is 0 Å². The molecule has 2 rings (SSSR count). The molecule has 0 spiro atoms. The molecule has 1 fully saturated rings. The third kappa shape index (κ3) is 4.81. The summed E-state index contributed by atoms with van der Waals surface area (Å²) < 4.78 is 0. The molecule has 134 valence electrons. The largest absolute Gasteiger partial charge is 0.388 e. The monoisotopic (exact) mass is 332 g/mol. The first-order valence-corrected chi connectivity index (χ1v) is 8.89. The van der Waals surface area contributed by atoms with Crippen LogP contribution in [0.15, 0.2) is 30.3 Å². The molecule has 1 aliphatic heterocycles. The number of rotatable bonds is 4. The smallest absolute Gasteiger partial charge is 0.217 e. The molecule has 1 saturated heterocycles. The van der Waals surface area contributed by atoms with Crippen molar-refractivity contribution >= 4 is 5.91 Å². The zero-order chi connectivity index (χ0) is 18.0. The van der Waals surface area contributed by atoms with Gasteiger partial charge in [0.15, 0.2) is 0 Å². The highest BCUT2D eigenvalue weighted by atomic mass is 16.3. The van der Waals surface area contributed by atoms with Crippen molar-refractivity contribution in [3.8, 4) is 0 Å². The van der Waals surface area contributed by atoms with Crippen LogP contribution in [0.4, 0.5) is 0 Å². The molecular weight excluding hydrogens is 300 g/mol. The molecule has 0 saturated carbocycles. The molecule has 0 aromatic heterocycles. The van der Waals surface area contributed by atoms with Crippen molar-refractivity contribution < 1.29 is 9.90 Å². The number of hydrogen-bond donors (Lipinski definition) is 2. The lowest BCUT2D eigenvalue weighted by atomic mass is 9.79. The number of hydrogen-bond acceptors (Lipinski definition) is 3. The fourth-order valence-electron chi connectivity index (χ4n) is 3.45. The number of aliphatic hydroxyl groups is 1. The minimum Gasteiger partial charge on any atom is -0.388 e. The molecule has 1 amide bonds. The molecule has 0 aliphatic carbocycles. The van der Waals surface area contributed by atoms with Gasteiger partial charge in [-0.2, -0.15) is 0 Å². The third-order valence-electron chi connectivity index (χ3n) is 4.93. The number of nitrogens with one attached hydrogen (secondary N) is 1. The first-order chi connectivity index (χ1) is 11.1. The maximum absolute atomic E-state index is 11.8. The zero-order valence-electron chi connectivity index (χ0n) is 15.7. The van der Waals surface area contributed by atoms with Gasteiger partial charge in [0, 0.05) is 13.5 Å². The van der Waals surface area contributed by atoms with Crippen molar-refractivity contribution in [2.75, 3.05) is 13.1 Å². The third-order valence-corrected chi connectivity index (χ3v) is 4.93. The highest BCUT2D eigenvalue weighted by Gasteiger charge is 2.45. The van der Waals surface area contributed by atoms with Gasteiger partial charge in [0.2, 0.25) is 5.91 Å². The number of carbonyl (C=O) groups excluding carboxylic acids is 1. The van der Waals surface area contributed by atoms with E-state index < -0.39 is 5.60 Å². The maximum atomic E-state index is 11.8. The van der Waals surface area contributed by atoms with Crippen LogP contribution in [0.5, 0.6) is 0 Å². The number of amides is 1. The molecule has 2 N–H and O–H groups in total. The van der Waals surface area contributed by atoms with E-state index in [0.717, 1.165) is 25.1 Å². The highest BCUT2D eigenvalue weighted by Crippen LogP contribution is 2.37. The lowest BCUT2D eigenvalue weighted by Crippen LogP contribution is -2.62. The SMILES string of the molecule is CC(=O)N[C@H]1[C@H](c2ccccc2)N(CCC(C)(C)C)CC[C@@]1(C)O. The Morgan fingerprint density at radius 1 is 1.33 bits per heavy atom. The van der Waals surface area contributed by atoms with E-state index in [1.807, 2.05) is 25.1 Å². The first-order valence-electron chi connectivity index (χ1n) is 8.89. The van der Waals surface area contributed by atoms with Gasteiger partial charge < -0.3 is 10.4 Å². The molecule has 1 aromatic rings. The van der Waals surface area contributed by atoms with Crippen LogP contribution >= 0.6 is 0 Å². The van der Waals surface area contributed by atoms with Crippen molar-refractivity contribution in [3.63, 3.8) is 0 Å². The second-order valence-electron chi connectivity index (χ2n) is 8.49. The molecule has 4 nitrogen and oxygen atoms in total. The Morgan fingerprint density at radius 3 is 2.50 bits per heavy atom. The van der Waals surface area contributed by atoms with Crippen LogP contribution < -0.4 is 5.32 Å². The van der Waals surface area contributed by atoms with Gasteiger partial charge in [0.1, 0.15) is 0 Å². The van der Waals surface area contributed by atoms with Gasteiger partial charge in [-0.1, -0.05) is 51.1 Å². The van der Waals surface area contributed by atoms with Crippen molar-refractivity contribution in [3.05, 3.63) is 35.9 Å². The van der Waals surface area contributed by atoms with E-state index in [9.17, 15) is 9.90 Å². The summed E-state index contributed by atoms with van der Waals surface area (Å²) in [5, 5.41) is 13.9. The van der Waals surface area contributed by atoms with Gasteiger partial charge in [0.05, 0.1) is 17.7 Å². The van der Waals surface area contributed by atoms with Crippen LogP contribution in [-0.4, -0.2) is 40.6 Å². The molecule has 1 aromatic carbocycles. The second kappa shape index (κ2) is 7.24. The van der Waals surface area contributed by atoms with E-state index in [2.05, 4.69) is 43.1 Å². The molecule has 24 heavy (non-hydrogen) atoms. The summed E-state index contributed by atoms with van der Waals surface area (Å²) in [5.41, 5.74) is 0.486. The van der Waals surface area contributed by atoms with E-state index in [1.165, 1.54) is 6.92 Å². The normalized spacial score (nSPS) is 28.6. The molecule has 4 heteroatoms. The number of nitrogens with zero attached hydrogens (tertiary/aromatic N) is 1. The van der Waals surface area contributed by atoms with Crippen LogP contribution in [0.2, 0.25) is 0 Å². The van der Waals surface area contributed by atoms with Crippen LogP contribution in [0.25, 0.3) is 0 Å². The van der Waals surface area contributed by atoms with Gasteiger partial charge >= 0.3 is 0 Å². The quantitative estimate of drug-likeness (QED) is 0.891. The molecular formula is C20H32N2O2. The second-order valence-corrected chi connectivity index (χ2v) is 8.49. The Morgan fingerprint density at radius 2 is 1.96 bits per heavy atom. The van der Waals surface area contributed by atoms with Crippen molar-refractivity contribution in [2.24, 2.45) is 5.41 Å². The summed E-state index contributed by atoms with van der Waals surface area (Å²) >= 11 is 0. The Labute approximate surface area is 146 Å². The lowest BCUT2D eigenvalue weighted by molar-refractivity contribution is -0.126. The fourth-order valence-corrected chi connectivity index (χ4v) is 3.45.